The lowest BCUT2D eigenvalue weighted by Crippen LogP contribution is -2.09. The van der Waals surface area contributed by atoms with Crippen LogP contribution in [0.4, 0.5) is 0 Å². The summed E-state index contributed by atoms with van der Waals surface area (Å²) < 4.78 is 0. The third-order valence-electron chi connectivity index (χ3n) is 2.47. The third kappa shape index (κ3) is 2.69. The van der Waals surface area contributed by atoms with Crippen molar-refractivity contribution in [1.82, 2.24) is 5.32 Å². The van der Waals surface area contributed by atoms with Crippen molar-refractivity contribution >= 4 is 11.3 Å². The Morgan fingerprint density at radius 3 is 2.07 bits per heavy atom. The molecule has 0 atom stereocenters. The number of hydrogen-bond acceptors (Lipinski definition) is 2. The van der Waals surface area contributed by atoms with E-state index in [4.69, 9.17) is 5.41 Å². The van der Waals surface area contributed by atoms with Crippen molar-refractivity contribution in [2.24, 2.45) is 0 Å². The van der Waals surface area contributed by atoms with Crippen LogP contribution >= 0.6 is 0 Å². The van der Waals surface area contributed by atoms with Gasteiger partial charge in [0.15, 0.2) is 0 Å². The smallest absolute Gasteiger partial charge is 0.0378 e. The molecule has 2 N–H and O–H groups in total. The van der Waals surface area contributed by atoms with Crippen LogP contribution in [-0.2, 0) is 0 Å². The lowest BCUT2D eigenvalue weighted by atomic mass is 9.99. The van der Waals surface area contributed by atoms with Crippen molar-refractivity contribution in [1.29, 1.82) is 5.41 Å². The van der Waals surface area contributed by atoms with Gasteiger partial charge in [0.1, 0.15) is 0 Å². The van der Waals surface area contributed by atoms with Crippen LogP contribution in [0.25, 0.3) is 5.57 Å². The molecule has 2 heteroatoms. The van der Waals surface area contributed by atoms with Crippen molar-refractivity contribution < 1.29 is 0 Å². The van der Waals surface area contributed by atoms with E-state index in [0.29, 0.717) is 5.71 Å². The maximum Gasteiger partial charge on any atom is 0.0378 e. The Morgan fingerprint density at radius 2 is 1.67 bits per heavy atom. The number of rotatable bonds is 3. The monoisotopic (exact) mass is 202 g/mol. The van der Waals surface area contributed by atoms with Crippen LogP contribution in [-0.4, -0.2) is 12.8 Å². The summed E-state index contributed by atoms with van der Waals surface area (Å²) in [5.74, 6) is 0. The second-order valence-electron chi connectivity index (χ2n) is 3.74. The minimum absolute atomic E-state index is 0.589. The Hall–Kier alpha value is -1.57. The SMILES string of the molecule is CN/C(C)=C(\C(C)=N)c1ccc(C)cc1. The van der Waals surface area contributed by atoms with Crippen LogP contribution in [0.15, 0.2) is 30.0 Å². The van der Waals surface area contributed by atoms with E-state index in [2.05, 4.69) is 36.5 Å². The van der Waals surface area contributed by atoms with E-state index in [-0.39, 0.29) is 0 Å². The molecule has 0 amide bonds. The van der Waals surface area contributed by atoms with E-state index in [1.54, 1.807) is 0 Å². The molecular formula is C13H18N2. The van der Waals surface area contributed by atoms with Gasteiger partial charge in [-0.15, -0.1) is 0 Å². The van der Waals surface area contributed by atoms with Crippen molar-refractivity contribution in [3.8, 4) is 0 Å². The molecular weight excluding hydrogens is 184 g/mol. The molecule has 1 aromatic rings. The summed E-state index contributed by atoms with van der Waals surface area (Å²) in [6.07, 6.45) is 0. The highest BCUT2D eigenvalue weighted by Crippen LogP contribution is 2.19. The van der Waals surface area contributed by atoms with E-state index >= 15 is 0 Å². The fraction of sp³-hybridized carbons (Fsp3) is 0.308. The standard InChI is InChI=1S/C13H18N2/c1-9-5-7-12(8-6-9)13(10(2)14)11(3)15-4/h5-8,14-15H,1-4H3/b13-11+,14-10?. The lowest BCUT2D eigenvalue weighted by molar-refractivity contribution is 0.997. The summed E-state index contributed by atoms with van der Waals surface area (Å²) in [5.41, 5.74) is 4.94. The van der Waals surface area contributed by atoms with Gasteiger partial charge in [-0.05, 0) is 26.3 Å². The Kier molecular flexibility index (Phi) is 3.67. The number of benzene rings is 1. The first-order valence-electron chi connectivity index (χ1n) is 5.07. The summed E-state index contributed by atoms with van der Waals surface area (Å²) >= 11 is 0. The molecule has 0 bridgehead atoms. The van der Waals surface area contributed by atoms with Gasteiger partial charge in [0.05, 0.1) is 0 Å². The second kappa shape index (κ2) is 4.78. The third-order valence-corrected chi connectivity index (χ3v) is 2.47. The minimum atomic E-state index is 0.589. The molecule has 1 rings (SSSR count). The molecule has 15 heavy (non-hydrogen) atoms. The van der Waals surface area contributed by atoms with E-state index in [1.807, 2.05) is 20.9 Å². The molecule has 0 radical (unpaired) electrons. The van der Waals surface area contributed by atoms with E-state index in [0.717, 1.165) is 16.8 Å². The minimum Gasteiger partial charge on any atom is -0.391 e. The fourth-order valence-corrected chi connectivity index (χ4v) is 1.56. The zero-order valence-electron chi connectivity index (χ0n) is 9.81. The molecule has 0 fully saturated rings. The lowest BCUT2D eigenvalue weighted by Gasteiger charge is -2.11. The van der Waals surface area contributed by atoms with Gasteiger partial charge in [0.2, 0.25) is 0 Å². The molecule has 0 unspecified atom stereocenters. The second-order valence-corrected chi connectivity index (χ2v) is 3.74. The summed E-state index contributed by atoms with van der Waals surface area (Å²) in [7, 11) is 1.88. The normalized spacial score (nSPS) is 12.0. The highest BCUT2D eigenvalue weighted by molar-refractivity contribution is 6.21. The Labute approximate surface area is 91.5 Å². The van der Waals surface area contributed by atoms with Crippen LogP contribution in [0, 0.1) is 12.3 Å². The van der Waals surface area contributed by atoms with Gasteiger partial charge in [0, 0.05) is 24.0 Å². The van der Waals surface area contributed by atoms with Crippen LogP contribution < -0.4 is 5.32 Å². The van der Waals surface area contributed by atoms with Crippen LogP contribution in [0.1, 0.15) is 25.0 Å². The molecule has 80 valence electrons. The molecule has 0 spiro atoms. The van der Waals surface area contributed by atoms with Crippen LogP contribution in [0.2, 0.25) is 0 Å². The van der Waals surface area contributed by atoms with E-state index < -0.39 is 0 Å². The maximum absolute atomic E-state index is 7.78. The maximum atomic E-state index is 7.78. The van der Waals surface area contributed by atoms with Crippen molar-refractivity contribution in [2.45, 2.75) is 20.8 Å². The van der Waals surface area contributed by atoms with Gasteiger partial charge < -0.3 is 10.7 Å². The summed E-state index contributed by atoms with van der Waals surface area (Å²) in [6, 6.07) is 8.26. The first kappa shape index (κ1) is 11.5. The highest BCUT2D eigenvalue weighted by Gasteiger charge is 2.07. The van der Waals surface area contributed by atoms with Crippen molar-refractivity contribution in [2.75, 3.05) is 7.05 Å². The molecule has 0 heterocycles. The van der Waals surface area contributed by atoms with Gasteiger partial charge in [0.25, 0.3) is 0 Å². The highest BCUT2D eigenvalue weighted by atomic mass is 14.8. The quantitative estimate of drug-likeness (QED) is 0.726. The number of aryl methyl sites for hydroxylation is 1. The van der Waals surface area contributed by atoms with E-state index in [1.165, 1.54) is 5.56 Å². The molecule has 0 saturated carbocycles. The van der Waals surface area contributed by atoms with Crippen LogP contribution in [0.5, 0.6) is 0 Å². The zero-order valence-corrected chi connectivity index (χ0v) is 9.81. The predicted octanol–water partition coefficient (Wildman–Crippen LogP) is 2.99. The largest absolute Gasteiger partial charge is 0.391 e. The predicted molar refractivity (Wildman–Crippen MR) is 66.2 cm³/mol. The molecule has 1 aromatic carbocycles. The average molecular weight is 202 g/mol. The summed E-state index contributed by atoms with van der Waals surface area (Å²) in [4.78, 5) is 0. The first-order chi connectivity index (χ1) is 7.06. The zero-order chi connectivity index (χ0) is 11.4. The van der Waals surface area contributed by atoms with Gasteiger partial charge in [-0.3, -0.25) is 0 Å². The Balaban J connectivity index is 3.23. The fourth-order valence-electron chi connectivity index (χ4n) is 1.56. The molecule has 0 aromatic heterocycles. The molecule has 2 nitrogen and oxygen atoms in total. The van der Waals surface area contributed by atoms with E-state index in [9.17, 15) is 0 Å². The van der Waals surface area contributed by atoms with Crippen molar-refractivity contribution in [3.05, 3.63) is 41.1 Å². The summed E-state index contributed by atoms with van der Waals surface area (Å²) in [6.45, 7) is 5.87. The number of nitrogens with one attached hydrogen (secondary N) is 2. The first-order valence-corrected chi connectivity index (χ1v) is 5.07. The topological polar surface area (TPSA) is 35.9 Å². The summed E-state index contributed by atoms with van der Waals surface area (Å²) in [5, 5.41) is 10.9. The molecule has 0 aliphatic carbocycles. The Bertz CT molecular complexity index is 386. The molecule has 0 aliphatic heterocycles. The molecule has 0 aliphatic rings. The van der Waals surface area contributed by atoms with Gasteiger partial charge in [-0.1, -0.05) is 29.8 Å². The van der Waals surface area contributed by atoms with Gasteiger partial charge in [-0.2, -0.15) is 0 Å². The van der Waals surface area contributed by atoms with Gasteiger partial charge in [-0.25, -0.2) is 0 Å². The van der Waals surface area contributed by atoms with Gasteiger partial charge >= 0.3 is 0 Å². The van der Waals surface area contributed by atoms with Crippen molar-refractivity contribution in [3.63, 3.8) is 0 Å². The van der Waals surface area contributed by atoms with Crippen LogP contribution in [0.3, 0.4) is 0 Å². The Morgan fingerprint density at radius 1 is 1.13 bits per heavy atom. The number of hydrogen-bond donors (Lipinski definition) is 2. The number of allylic oxidation sites excluding steroid dienone is 2. The average Bonchev–Trinajstić information content (AvgIpc) is 2.20. The molecule has 0 saturated heterocycles.